The predicted molar refractivity (Wildman–Crippen MR) is 131 cm³/mol. The van der Waals surface area contributed by atoms with Crippen molar-refractivity contribution < 1.29 is 33.6 Å². The van der Waals surface area contributed by atoms with E-state index in [1.54, 1.807) is 24.3 Å². The zero-order chi connectivity index (χ0) is 25.3. The normalized spacial score (nSPS) is 17.1. The van der Waals surface area contributed by atoms with Crippen LogP contribution < -0.4 is 14.8 Å². The fourth-order valence-electron chi connectivity index (χ4n) is 3.90. The van der Waals surface area contributed by atoms with Crippen molar-refractivity contribution in [3.63, 3.8) is 0 Å². The van der Waals surface area contributed by atoms with Gasteiger partial charge in [0.05, 0.1) is 18.2 Å². The highest BCUT2D eigenvalue weighted by atomic mass is 35.5. The van der Waals surface area contributed by atoms with Gasteiger partial charge in [0.1, 0.15) is 18.1 Å². The van der Waals surface area contributed by atoms with E-state index in [1.165, 1.54) is 0 Å². The molecule has 0 saturated carbocycles. The van der Waals surface area contributed by atoms with Crippen LogP contribution in [0.15, 0.2) is 36.4 Å². The number of ether oxygens (including phenoxy) is 4. The molecule has 0 bridgehead atoms. The van der Waals surface area contributed by atoms with E-state index in [1.807, 2.05) is 26.0 Å². The molecule has 1 aliphatic heterocycles. The van der Waals surface area contributed by atoms with Gasteiger partial charge in [-0.25, -0.2) is 9.59 Å². The highest BCUT2D eigenvalue weighted by Gasteiger charge is 2.43. The lowest BCUT2D eigenvalue weighted by molar-refractivity contribution is -0.159. The summed E-state index contributed by atoms with van der Waals surface area (Å²) in [6, 6.07) is 10.7. The Bertz CT molecular complexity index is 1020. The average molecular weight is 506 g/mol. The summed E-state index contributed by atoms with van der Waals surface area (Å²) in [7, 11) is 0. The summed E-state index contributed by atoms with van der Waals surface area (Å²) in [5.74, 6) is 0.316. The van der Waals surface area contributed by atoms with E-state index in [4.69, 9.17) is 30.5 Å². The number of carbonyl (C=O) groups excluding carboxylic acids is 1. The number of carbonyl (C=O) groups is 2. The minimum atomic E-state index is -1.22. The Morgan fingerprint density at radius 3 is 2.63 bits per heavy atom. The van der Waals surface area contributed by atoms with E-state index in [0.29, 0.717) is 54.7 Å². The van der Waals surface area contributed by atoms with E-state index in [0.717, 1.165) is 17.5 Å². The van der Waals surface area contributed by atoms with Crippen molar-refractivity contribution >= 4 is 23.7 Å². The van der Waals surface area contributed by atoms with Crippen LogP contribution in [0.1, 0.15) is 49.8 Å². The van der Waals surface area contributed by atoms with Gasteiger partial charge in [-0.3, -0.25) is 0 Å². The topological polar surface area (TPSA) is 103 Å². The van der Waals surface area contributed by atoms with Gasteiger partial charge in [0, 0.05) is 30.7 Å². The third-order valence-electron chi connectivity index (χ3n) is 5.69. The monoisotopic (exact) mass is 505 g/mol. The summed E-state index contributed by atoms with van der Waals surface area (Å²) in [5.41, 5.74) is 0.959. The van der Waals surface area contributed by atoms with E-state index in [9.17, 15) is 14.7 Å². The van der Waals surface area contributed by atoms with Gasteiger partial charge in [0.25, 0.3) is 0 Å². The van der Waals surface area contributed by atoms with Gasteiger partial charge in [-0.1, -0.05) is 36.7 Å². The lowest BCUT2D eigenvalue weighted by atomic mass is 9.91. The Morgan fingerprint density at radius 2 is 1.97 bits per heavy atom. The second kappa shape index (κ2) is 12.7. The zero-order valence-corrected chi connectivity index (χ0v) is 20.9. The molecule has 1 aliphatic rings. The summed E-state index contributed by atoms with van der Waals surface area (Å²) in [4.78, 5) is 24.2. The van der Waals surface area contributed by atoms with Crippen LogP contribution in [0.4, 0.5) is 4.79 Å². The third-order valence-corrected chi connectivity index (χ3v) is 6.04. The van der Waals surface area contributed by atoms with Crippen molar-refractivity contribution in [1.82, 2.24) is 5.32 Å². The second-order valence-electron chi connectivity index (χ2n) is 8.33. The Labute approximate surface area is 210 Å². The first-order chi connectivity index (χ1) is 16.9. The van der Waals surface area contributed by atoms with Crippen LogP contribution in [0, 0.1) is 0 Å². The number of hydrogen-bond acceptors (Lipinski definition) is 6. The van der Waals surface area contributed by atoms with E-state index in [2.05, 4.69) is 5.32 Å². The first-order valence-corrected chi connectivity index (χ1v) is 12.2. The van der Waals surface area contributed by atoms with Crippen LogP contribution in [0.25, 0.3) is 0 Å². The smallest absolute Gasteiger partial charge is 0.407 e. The second-order valence-corrected chi connectivity index (χ2v) is 8.74. The summed E-state index contributed by atoms with van der Waals surface area (Å²) >= 11 is 6.28. The molecule has 3 rings (SSSR count). The Kier molecular flexibility index (Phi) is 9.63. The predicted octanol–water partition coefficient (Wildman–Crippen LogP) is 5.13. The van der Waals surface area contributed by atoms with E-state index in [-0.39, 0.29) is 19.6 Å². The van der Waals surface area contributed by atoms with Crippen LogP contribution in [0.2, 0.25) is 5.02 Å². The van der Waals surface area contributed by atoms with Gasteiger partial charge in [0.2, 0.25) is 0 Å². The van der Waals surface area contributed by atoms with Gasteiger partial charge in [-0.15, -0.1) is 0 Å². The standard InChI is InChI=1S/C26H32ClNO7/c1-3-11-33-21-8-7-19(22(27)14-21)17-34-25(31)28-16-20-13-18(6-9-23(20)32-4-2)15-26(24(29)30)10-5-12-35-26/h6-9,13-14H,3-5,10-12,15-17H2,1-2H3,(H,28,31)(H,29,30). The molecule has 2 N–H and O–H groups in total. The van der Waals surface area contributed by atoms with Gasteiger partial charge in [-0.2, -0.15) is 0 Å². The molecule has 1 heterocycles. The molecule has 1 saturated heterocycles. The number of rotatable bonds is 12. The van der Waals surface area contributed by atoms with Gasteiger partial charge in [0.15, 0.2) is 5.60 Å². The number of alkyl carbamates (subject to hydrolysis) is 1. The van der Waals surface area contributed by atoms with Crippen LogP contribution in [0.5, 0.6) is 11.5 Å². The Balaban J connectivity index is 1.61. The van der Waals surface area contributed by atoms with Gasteiger partial charge < -0.3 is 29.4 Å². The summed E-state index contributed by atoms with van der Waals surface area (Å²) in [5, 5.41) is 12.9. The maximum atomic E-state index is 12.3. The van der Waals surface area contributed by atoms with Crippen LogP contribution in [-0.2, 0) is 33.8 Å². The lowest BCUT2D eigenvalue weighted by Gasteiger charge is -2.24. The number of carboxylic acids is 1. The molecule has 0 aromatic heterocycles. The SMILES string of the molecule is CCCOc1ccc(COC(=O)NCc2cc(CC3(C(=O)O)CCCO3)ccc2OCC)c(Cl)c1. The fraction of sp³-hybridized carbons (Fsp3) is 0.462. The molecule has 8 nitrogen and oxygen atoms in total. The molecule has 2 aromatic carbocycles. The largest absolute Gasteiger partial charge is 0.494 e. The molecule has 1 atom stereocenters. The first-order valence-electron chi connectivity index (χ1n) is 11.8. The van der Waals surface area contributed by atoms with Crippen LogP contribution in [0.3, 0.4) is 0 Å². The summed E-state index contributed by atoms with van der Waals surface area (Å²) in [6.45, 7) is 5.54. The maximum Gasteiger partial charge on any atom is 0.407 e. The minimum absolute atomic E-state index is 0.00948. The van der Waals surface area contributed by atoms with Crippen LogP contribution >= 0.6 is 11.6 Å². The molecular formula is C26H32ClNO7. The molecule has 1 amide bonds. The quantitative estimate of drug-likeness (QED) is 0.412. The molecule has 0 radical (unpaired) electrons. The Hall–Kier alpha value is -2.97. The molecule has 35 heavy (non-hydrogen) atoms. The molecular weight excluding hydrogens is 474 g/mol. The van der Waals surface area contributed by atoms with Crippen molar-refractivity contribution in [2.24, 2.45) is 0 Å². The summed E-state index contributed by atoms with van der Waals surface area (Å²) < 4.78 is 22.1. The molecule has 1 unspecified atom stereocenters. The number of amides is 1. The van der Waals surface area contributed by atoms with Crippen molar-refractivity contribution in [2.75, 3.05) is 19.8 Å². The molecule has 1 fully saturated rings. The van der Waals surface area contributed by atoms with Crippen molar-refractivity contribution in [3.05, 3.63) is 58.1 Å². The van der Waals surface area contributed by atoms with Gasteiger partial charge >= 0.3 is 12.1 Å². The molecule has 2 aromatic rings. The van der Waals surface area contributed by atoms with Crippen molar-refractivity contribution in [2.45, 2.75) is 58.3 Å². The number of hydrogen-bond donors (Lipinski definition) is 2. The number of nitrogens with one attached hydrogen (secondary N) is 1. The molecule has 0 spiro atoms. The molecule has 0 aliphatic carbocycles. The number of carboxylic acid groups (broad SMARTS) is 1. The van der Waals surface area contributed by atoms with E-state index >= 15 is 0 Å². The lowest BCUT2D eigenvalue weighted by Crippen LogP contribution is -2.40. The van der Waals surface area contributed by atoms with Crippen molar-refractivity contribution in [1.29, 1.82) is 0 Å². The average Bonchev–Trinajstić information content (AvgIpc) is 3.32. The number of benzene rings is 2. The molecule has 190 valence electrons. The van der Waals surface area contributed by atoms with Gasteiger partial charge in [-0.05, 0) is 49.9 Å². The fourth-order valence-corrected chi connectivity index (χ4v) is 4.13. The van der Waals surface area contributed by atoms with Crippen molar-refractivity contribution in [3.8, 4) is 11.5 Å². The number of halogens is 1. The maximum absolute atomic E-state index is 12.3. The highest BCUT2D eigenvalue weighted by molar-refractivity contribution is 6.31. The Morgan fingerprint density at radius 1 is 1.14 bits per heavy atom. The zero-order valence-electron chi connectivity index (χ0n) is 20.1. The van der Waals surface area contributed by atoms with Crippen LogP contribution in [-0.4, -0.2) is 42.6 Å². The highest BCUT2D eigenvalue weighted by Crippen LogP contribution is 2.32. The summed E-state index contributed by atoms with van der Waals surface area (Å²) in [6.07, 6.45) is 1.69. The molecule has 9 heteroatoms. The van der Waals surface area contributed by atoms with E-state index < -0.39 is 17.7 Å². The minimum Gasteiger partial charge on any atom is -0.494 e. The first kappa shape index (κ1) is 26.6. The third kappa shape index (κ3) is 7.26. The number of aliphatic carboxylic acids is 1.